The molecule has 7 unspecified atom stereocenters. The highest BCUT2D eigenvalue weighted by Crippen LogP contribution is 2.00. The Morgan fingerprint density at radius 2 is 1.02 bits per heavy atom. The van der Waals surface area contributed by atoms with Crippen LogP contribution >= 0.6 is 37.9 Å². The van der Waals surface area contributed by atoms with Crippen LogP contribution < -0.4 is 0 Å². The van der Waals surface area contributed by atoms with Gasteiger partial charge >= 0.3 is 18.1 Å². The van der Waals surface area contributed by atoms with Crippen LogP contribution in [0.2, 0.25) is 0 Å². The first kappa shape index (κ1) is 57.6. The van der Waals surface area contributed by atoms with Crippen LogP contribution in [0.1, 0.15) is 21.3 Å². The van der Waals surface area contributed by atoms with E-state index in [1.165, 1.54) is 19.9 Å². The number of hydrogen-bond donors (Lipinski definition) is 1. The predicted molar refractivity (Wildman–Crippen MR) is 168 cm³/mol. The lowest BCUT2D eigenvalue weighted by Gasteiger charge is -2.13. The largest absolute Gasteiger partial charge is 0.458 e. The average molecular weight is 802 g/mol. The highest BCUT2D eigenvalue weighted by molar-refractivity contribution is 7.10. The molecule has 0 aliphatic carbocycles. The Kier molecular flexibility index (Phi) is 52.2. The number of hydrogen-bond acceptors (Lipinski definition) is 23. The molecule has 1 N–H and O–H groups in total. The van der Waals surface area contributed by atoms with Gasteiger partial charge in [0.2, 0.25) is 0 Å². The van der Waals surface area contributed by atoms with Crippen LogP contribution in [0, 0.1) is 40.5 Å². The summed E-state index contributed by atoms with van der Waals surface area (Å²) >= 11 is 0. The Bertz CT molecular complexity index is 906. The number of aliphatic hydroxyl groups is 1. The van der Waals surface area contributed by atoms with E-state index in [0.717, 1.165) is 6.26 Å². The van der Waals surface area contributed by atoms with Crippen molar-refractivity contribution in [2.45, 2.75) is 39.6 Å². The Balaban J connectivity index is -0.000000123. The minimum absolute atomic E-state index is 0. The molecular weight excluding hydrogens is 764 g/mol. The minimum Gasteiger partial charge on any atom is -0.458 e. The first-order valence-electron chi connectivity index (χ1n) is 11.5. The molecule has 0 saturated heterocycles. The van der Waals surface area contributed by atoms with E-state index in [1.54, 1.807) is 0 Å². The second-order valence-electron chi connectivity index (χ2n) is 6.79. The van der Waals surface area contributed by atoms with Gasteiger partial charge in [-0.3, -0.25) is 14.4 Å². The van der Waals surface area contributed by atoms with Crippen LogP contribution in [-0.2, 0) is 66.1 Å². The molecule has 0 saturated carbocycles. The molecule has 0 aromatic heterocycles. The molecule has 27 nitrogen and oxygen atoms in total. The monoisotopic (exact) mass is 802 g/mol. The Morgan fingerprint density at radius 1 is 0.673 bits per heavy atom. The normalized spacial score (nSPS) is 10.8. The predicted octanol–water partition coefficient (Wildman–Crippen LogP) is -0.204. The lowest BCUT2D eigenvalue weighted by Crippen LogP contribution is -2.27. The molecule has 49 heavy (non-hydrogen) atoms. The molecule has 0 aromatic rings. The van der Waals surface area contributed by atoms with Crippen molar-refractivity contribution in [3.8, 4) is 0 Å². The van der Waals surface area contributed by atoms with Gasteiger partial charge in [-0.1, -0.05) is 7.43 Å². The zero-order valence-corrected chi connectivity index (χ0v) is 29.5. The van der Waals surface area contributed by atoms with E-state index in [-0.39, 0.29) is 59.8 Å². The van der Waals surface area contributed by atoms with Gasteiger partial charge in [0.05, 0.1) is 32.7 Å². The molecule has 0 aliphatic heterocycles. The maximum absolute atomic E-state index is 10.5. The molecule has 0 bridgehead atoms. The van der Waals surface area contributed by atoms with Crippen LogP contribution in [0.15, 0.2) is 12.3 Å². The van der Waals surface area contributed by atoms with Crippen molar-refractivity contribution < 1.29 is 91.6 Å². The van der Waals surface area contributed by atoms with E-state index in [2.05, 4.69) is 46.9 Å². The summed E-state index contributed by atoms with van der Waals surface area (Å²) in [5.41, 5.74) is 0. The van der Waals surface area contributed by atoms with Crippen LogP contribution in [0.5, 0.6) is 0 Å². The summed E-state index contributed by atoms with van der Waals surface area (Å²) in [5.74, 6) is -1.09. The minimum atomic E-state index is -0.966. The van der Waals surface area contributed by atoms with Gasteiger partial charge in [0, 0.05) is 51.7 Å². The van der Waals surface area contributed by atoms with Crippen molar-refractivity contribution in [2.75, 3.05) is 46.2 Å². The van der Waals surface area contributed by atoms with E-state index in [1.807, 2.05) is 37.9 Å². The summed E-state index contributed by atoms with van der Waals surface area (Å²) in [4.78, 5) is 91.4. The van der Waals surface area contributed by atoms with Crippen LogP contribution in [0.4, 0.5) is 0 Å². The van der Waals surface area contributed by atoms with Crippen LogP contribution in [0.3, 0.4) is 0 Å². The quantitative estimate of drug-likeness (QED) is 0.0516. The van der Waals surface area contributed by atoms with Crippen molar-refractivity contribution in [1.29, 1.82) is 0 Å². The van der Waals surface area contributed by atoms with Gasteiger partial charge in [-0.25, -0.2) is 0 Å². The van der Waals surface area contributed by atoms with Crippen molar-refractivity contribution in [3.05, 3.63) is 52.8 Å². The van der Waals surface area contributed by atoms with Crippen LogP contribution in [-0.4, -0.2) is 108 Å². The topological polar surface area (TPSA) is 353 Å². The molecule has 0 radical (unpaired) electrons. The molecular formula is C18H38N4O23P4. The summed E-state index contributed by atoms with van der Waals surface area (Å²) in [6.45, 7) is 1.69. The number of nitrogens with zero attached hydrogens (tertiary/aromatic N) is 4. The fourth-order valence-electron chi connectivity index (χ4n) is 1.70. The summed E-state index contributed by atoms with van der Waals surface area (Å²) in [7, 11) is 7.79. The van der Waals surface area contributed by atoms with Gasteiger partial charge in [-0.15, -0.1) is 40.5 Å². The van der Waals surface area contributed by atoms with Gasteiger partial charge in [-0.2, -0.15) is 9.59 Å². The zero-order chi connectivity index (χ0) is 38.3. The van der Waals surface area contributed by atoms with Gasteiger partial charge in [-0.05, 0) is 6.08 Å². The van der Waals surface area contributed by atoms with Gasteiger partial charge in [0.25, 0.3) is 20.3 Å². The van der Waals surface area contributed by atoms with Crippen molar-refractivity contribution >= 4 is 56.0 Å². The van der Waals surface area contributed by atoms with Crippen molar-refractivity contribution in [2.24, 2.45) is 0 Å². The standard InChI is InChI=1S/2C5H10NO6P.C3H8NO5P.C3H6NO4P.CO2.CH4/c2*1-4(7)12-5(3-11-13)2-10-6(8)9;5-3(2-9-10)1-8-4(6)7;5-4(6)7-2-1-3-8-9;2-1-3;/h2*5H,2-3,13H2,1H3;3,5H,1-2,10H2;1-2H,3,9H2;;1H4/b;;;2-1-;;. The highest BCUT2D eigenvalue weighted by atomic mass is 31.0. The number of ether oxygens (including phenoxy) is 2. The molecule has 31 heteroatoms. The lowest BCUT2D eigenvalue weighted by molar-refractivity contribution is -0.759. The molecule has 0 amide bonds. The maximum Gasteiger partial charge on any atom is 0.373 e. The fourth-order valence-corrected chi connectivity index (χ4v) is 2.46. The summed E-state index contributed by atoms with van der Waals surface area (Å²) < 4.78 is 27.3. The SMILES string of the molecule is C.CC(=O)OC(COP)CO[N+](=O)[O-].CC(=O)OC(COP)CO[N+](=O)[O-].O=C=O.O=[N+]([O-])O/C=C\COP.O=[N+]([O-])OCC(O)COP. The fraction of sp³-hybridized carbons (Fsp3) is 0.722. The average Bonchev–Trinajstić information content (AvgIpc) is 2.97. The second kappa shape index (κ2) is 44.4. The smallest absolute Gasteiger partial charge is 0.373 e. The molecule has 7 atom stereocenters. The third-order valence-corrected chi connectivity index (χ3v) is 3.83. The van der Waals surface area contributed by atoms with Crippen molar-refractivity contribution in [1.82, 2.24) is 0 Å². The van der Waals surface area contributed by atoms with Gasteiger partial charge in [0.15, 0.2) is 0 Å². The Labute approximate surface area is 286 Å². The van der Waals surface area contributed by atoms with E-state index in [0.29, 0.717) is 0 Å². The van der Waals surface area contributed by atoms with E-state index < -0.39 is 50.6 Å². The number of carbonyl (C=O) groups excluding carboxylic acids is 4. The van der Waals surface area contributed by atoms with Crippen molar-refractivity contribution in [3.63, 3.8) is 0 Å². The highest BCUT2D eigenvalue weighted by Gasteiger charge is 2.14. The summed E-state index contributed by atoms with van der Waals surface area (Å²) in [6.07, 6.45) is 0.0866. The van der Waals surface area contributed by atoms with Crippen LogP contribution in [0.25, 0.3) is 0 Å². The molecule has 288 valence electrons. The third-order valence-electron chi connectivity index (χ3n) is 3.06. The lowest BCUT2D eigenvalue weighted by atomic mass is 10.4. The van der Waals surface area contributed by atoms with Gasteiger partial charge in [0.1, 0.15) is 38.1 Å². The molecule has 0 rings (SSSR count). The van der Waals surface area contributed by atoms with E-state index in [4.69, 9.17) is 14.7 Å². The maximum atomic E-state index is 10.5. The second-order valence-corrected chi connectivity index (χ2v) is 8.13. The Morgan fingerprint density at radius 3 is 1.29 bits per heavy atom. The summed E-state index contributed by atoms with van der Waals surface area (Å²) in [6, 6.07) is 0. The first-order chi connectivity index (χ1) is 22.5. The Hall–Kier alpha value is -3.62. The molecule has 0 aromatic carbocycles. The van der Waals surface area contributed by atoms with Gasteiger partial charge < -0.3 is 47.2 Å². The van der Waals surface area contributed by atoms with E-state index >= 15 is 0 Å². The number of aliphatic hydroxyl groups excluding tert-OH is 1. The van der Waals surface area contributed by atoms with E-state index in [9.17, 15) is 50.0 Å². The third kappa shape index (κ3) is 67.4. The molecule has 0 heterocycles. The molecule has 0 fully saturated rings. The number of rotatable bonds is 21. The summed E-state index contributed by atoms with van der Waals surface area (Å²) in [5, 5.41) is 43.5. The zero-order valence-electron chi connectivity index (χ0n) is 24.9. The number of carbonyl (C=O) groups is 2. The molecule has 0 spiro atoms. The first-order valence-corrected chi connectivity index (χ1v) is 13.4. The molecule has 0 aliphatic rings. The number of esters is 2.